The molecule has 4 heteroatoms. The predicted octanol–water partition coefficient (Wildman–Crippen LogP) is 0.689. The minimum atomic E-state index is 0.639. The first-order valence-electron chi connectivity index (χ1n) is 5.26. The lowest BCUT2D eigenvalue weighted by Gasteiger charge is -2.35. The standard InChI is InChI=1S/C10H21N3S/c1-12(2)9-3-6-13(7-4-9)8-5-10(11)14/h9H,3-8H2,1-2H3,(H2,11,14). The molecule has 0 unspecified atom stereocenters. The quantitative estimate of drug-likeness (QED) is 0.699. The molecule has 1 fully saturated rings. The normalized spacial score (nSPS) is 20.2. The molecule has 0 aliphatic carbocycles. The largest absolute Gasteiger partial charge is 0.393 e. The molecule has 0 radical (unpaired) electrons. The molecule has 0 saturated carbocycles. The summed E-state index contributed by atoms with van der Waals surface area (Å²) in [5.41, 5.74) is 5.48. The first kappa shape index (κ1) is 11.9. The molecule has 0 spiro atoms. The number of nitrogens with two attached hydrogens (primary N) is 1. The molecule has 0 bridgehead atoms. The van der Waals surface area contributed by atoms with Crippen molar-refractivity contribution < 1.29 is 0 Å². The first-order valence-corrected chi connectivity index (χ1v) is 5.67. The summed E-state index contributed by atoms with van der Waals surface area (Å²) >= 11 is 4.87. The van der Waals surface area contributed by atoms with E-state index >= 15 is 0 Å². The van der Waals surface area contributed by atoms with Gasteiger partial charge in [-0.1, -0.05) is 12.2 Å². The molecule has 0 aromatic rings. The molecule has 1 aliphatic heterocycles. The van der Waals surface area contributed by atoms with Crippen molar-refractivity contribution in [1.82, 2.24) is 9.80 Å². The zero-order chi connectivity index (χ0) is 10.6. The Hall–Kier alpha value is -0.190. The number of piperidine rings is 1. The summed E-state index contributed by atoms with van der Waals surface area (Å²) < 4.78 is 0. The molecule has 1 heterocycles. The summed E-state index contributed by atoms with van der Waals surface area (Å²) in [5.74, 6) is 0. The van der Waals surface area contributed by atoms with Gasteiger partial charge >= 0.3 is 0 Å². The van der Waals surface area contributed by atoms with E-state index in [2.05, 4.69) is 23.9 Å². The number of rotatable bonds is 4. The van der Waals surface area contributed by atoms with Crippen LogP contribution in [0.25, 0.3) is 0 Å². The van der Waals surface area contributed by atoms with Gasteiger partial charge in [-0.05, 0) is 40.0 Å². The second-order valence-electron chi connectivity index (χ2n) is 4.25. The Morgan fingerprint density at radius 3 is 2.43 bits per heavy atom. The van der Waals surface area contributed by atoms with Crippen molar-refractivity contribution in [1.29, 1.82) is 0 Å². The molecule has 14 heavy (non-hydrogen) atoms. The van der Waals surface area contributed by atoms with Crippen molar-refractivity contribution >= 4 is 17.2 Å². The summed E-state index contributed by atoms with van der Waals surface area (Å²) in [6, 6.07) is 0.760. The van der Waals surface area contributed by atoms with Crippen molar-refractivity contribution in [3.63, 3.8) is 0 Å². The first-order chi connectivity index (χ1) is 6.59. The minimum Gasteiger partial charge on any atom is -0.393 e. The lowest BCUT2D eigenvalue weighted by Crippen LogP contribution is -2.42. The summed E-state index contributed by atoms with van der Waals surface area (Å²) in [6.07, 6.45) is 3.40. The maximum atomic E-state index is 5.48. The lowest BCUT2D eigenvalue weighted by atomic mass is 10.0. The Labute approximate surface area is 92.2 Å². The van der Waals surface area contributed by atoms with Crippen LogP contribution in [0.2, 0.25) is 0 Å². The van der Waals surface area contributed by atoms with E-state index in [0.29, 0.717) is 4.99 Å². The van der Waals surface area contributed by atoms with Crippen LogP contribution in [0.5, 0.6) is 0 Å². The maximum absolute atomic E-state index is 5.48. The zero-order valence-corrected chi connectivity index (χ0v) is 10.0. The van der Waals surface area contributed by atoms with E-state index in [9.17, 15) is 0 Å². The number of nitrogens with zero attached hydrogens (tertiary/aromatic N) is 2. The van der Waals surface area contributed by atoms with Gasteiger partial charge in [-0.2, -0.15) is 0 Å². The summed E-state index contributed by atoms with van der Waals surface area (Å²) in [5, 5.41) is 0. The molecule has 0 atom stereocenters. The fourth-order valence-electron chi connectivity index (χ4n) is 1.93. The van der Waals surface area contributed by atoms with Crippen LogP contribution >= 0.6 is 12.2 Å². The van der Waals surface area contributed by atoms with Gasteiger partial charge in [-0.25, -0.2) is 0 Å². The number of hydrogen-bond donors (Lipinski definition) is 1. The molecule has 1 rings (SSSR count). The van der Waals surface area contributed by atoms with Gasteiger partial charge in [0.1, 0.15) is 0 Å². The predicted molar refractivity (Wildman–Crippen MR) is 64.6 cm³/mol. The van der Waals surface area contributed by atoms with Crippen LogP contribution in [0.15, 0.2) is 0 Å². The molecular formula is C10H21N3S. The highest BCUT2D eigenvalue weighted by Crippen LogP contribution is 2.13. The number of hydrogen-bond acceptors (Lipinski definition) is 3. The zero-order valence-electron chi connectivity index (χ0n) is 9.20. The molecule has 1 saturated heterocycles. The van der Waals surface area contributed by atoms with E-state index in [0.717, 1.165) is 19.0 Å². The average molecular weight is 215 g/mol. The van der Waals surface area contributed by atoms with Crippen LogP contribution in [0.4, 0.5) is 0 Å². The Morgan fingerprint density at radius 2 is 2.00 bits per heavy atom. The molecular weight excluding hydrogens is 194 g/mol. The van der Waals surface area contributed by atoms with Gasteiger partial charge in [0.15, 0.2) is 0 Å². The summed E-state index contributed by atoms with van der Waals surface area (Å²) in [7, 11) is 4.32. The van der Waals surface area contributed by atoms with E-state index in [4.69, 9.17) is 18.0 Å². The highest BCUT2D eigenvalue weighted by molar-refractivity contribution is 7.80. The van der Waals surface area contributed by atoms with Gasteiger partial charge < -0.3 is 15.5 Å². The molecule has 1 aliphatic rings. The monoisotopic (exact) mass is 215 g/mol. The number of thiocarbonyl (C=S) groups is 1. The van der Waals surface area contributed by atoms with Crippen LogP contribution < -0.4 is 5.73 Å². The van der Waals surface area contributed by atoms with Gasteiger partial charge in [-0.15, -0.1) is 0 Å². The summed E-state index contributed by atoms with van der Waals surface area (Å²) in [4.78, 5) is 5.42. The van der Waals surface area contributed by atoms with Crippen LogP contribution in [-0.2, 0) is 0 Å². The molecule has 0 aromatic carbocycles. The van der Waals surface area contributed by atoms with E-state index < -0.39 is 0 Å². The second-order valence-corrected chi connectivity index (χ2v) is 4.78. The fraction of sp³-hybridized carbons (Fsp3) is 0.900. The van der Waals surface area contributed by atoms with Crippen molar-refractivity contribution in [2.45, 2.75) is 25.3 Å². The SMILES string of the molecule is CN(C)C1CCN(CCC(N)=S)CC1. The van der Waals surface area contributed by atoms with Gasteiger partial charge in [0, 0.05) is 19.0 Å². The molecule has 82 valence electrons. The Morgan fingerprint density at radius 1 is 1.43 bits per heavy atom. The van der Waals surface area contributed by atoms with E-state index in [1.54, 1.807) is 0 Å². The fourth-order valence-corrected chi connectivity index (χ4v) is 2.02. The lowest BCUT2D eigenvalue weighted by molar-refractivity contribution is 0.147. The summed E-state index contributed by atoms with van der Waals surface area (Å²) in [6.45, 7) is 3.41. The third-order valence-corrected chi connectivity index (χ3v) is 3.17. The topological polar surface area (TPSA) is 32.5 Å². The van der Waals surface area contributed by atoms with Gasteiger partial charge in [0.2, 0.25) is 0 Å². The third kappa shape index (κ3) is 3.90. The van der Waals surface area contributed by atoms with E-state index in [-0.39, 0.29) is 0 Å². The van der Waals surface area contributed by atoms with E-state index in [1.807, 2.05) is 0 Å². The van der Waals surface area contributed by atoms with Crippen LogP contribution in [-0.4, -0.2) is 54.6 Å². The van der Waals surface area contributed by atoms with Gasteiger partial charge in [-0.3, -0.25) is 0 Å². The maximum Gasteiger partial charge on any atom is 0.0740 e. The Balaban J connectivity index is 2.19. The van der Waals surface area contributed by atoms with Crippen molar-refractivity contribution in [2.75, 3.05) is 33.7 Å². The van der Waals surface area contributed by atoms with Crippen molar-refractivity contribution in [3.8, 4) is 0 Å². The van der Waals surface area contributed by atoms with Crippen molar-refractivity contribution in [3.05, 3.63) is 0 Å². The van der Waals surface area contributed by atoms with Crippen molar-refractivity contribution in [2.24, 2.45) is 5.73 Å². The smallest absolute Gasteiger partial charge is 0.0740 e. The number of likely N-dealkylation sites (tertiary alicyclic amines) is 1. The second kappa shape index (κ2) is 5.63. The average Bonchev–Trinajstić information content (AvgIpc) is 2.15. The van der Waals surface area contributed by atoms with E-state index in [1.165, 1.54) is 25.9 Å². The molecule has 2 N–H and O–H groups in total. The Bertz CT molecular complexity index is 186. The molecule has 3 nitrogen and oxygen atoms in total. The van der Waals surface area contributed by atoms with Crippen LogP contribution in [0, 0.1) is 0 Å². The van der Waals surface area contributed by atoms with Crippen LogP contribution in [0.3, 0.4) is 0 Å². The minimum absolute atomic E-state index is 0.639. The molecule has 0 aromatic heterocycles. The Kier molecular flexibility index (Phi) is 4.78. The van der Waals surface area contributed by atoms with Gasteiger partial charge in [0.05, 0.1) is 4.99 Å². The molecule has 0 amide bonds. The highest BCUT2D eigenvalue weighted by atomic mass is 32.1. The van der Waals surface area contributed by atoms with Gasteiger partial charge in [0.25, 0.3) is 0 Å². The highest BCUT2D eigenvalue weighted by Gasteiger charge is 2.19. The third-order valence-electron chi connectivity index (χ3n) is 2.96. The van der Waals surface area contributed by atoms with Crippen LogP contribution in [0.1, 0.15) is 19.3 Å².